The Bertz CT molecular complexity index is 198. The second-order valence-corrected chi connectivity index (χ2v) is 1.73. The molecule has 0 aliphatic heterocycles. The molecule has 0 aliphatic rings. The van der Waals surface area contributed by atoms with Crippen molar-refractivity contribution in [1.82, 2.24) is 10.1 Å². The SMILES string of the molecule is C[n+]1c[nH]c(=S)[nH]1. The van der Waals surface area contributed by atoms with Gasteiger partial charge in [0.15, 0.2) is 0 Å². The molecule has 0 atom stereocenters. The molecular weight excluding hydrogens is 110 g/mol. The third-order valence-corrected chi connectivity index (χ3v) is 0.876. The lowest BCUT2D eigenvalue weighted by molar-refractivity contribution is -0.728. The van der Waals surface area contributed by atoms with Crippen LogP contribution in [0.5, 0.6) is 0 Å². The van der Waals surface area contributed by atoms with Crippen molar-refractivity contribution in [2.24, 2.45) is 7.05 Å². The summed E-state index contributed by atoms with van der Waals surface area (Å²) in [5, 5.41) is 2.81. The number of aromatic amines is 2. The Balaban J connectivity index is 3.30. The van der Waals surface area contributed by atoms with Crippen molar-refractivity contribution in [2.75, 3.05) is 0 Å². The molecule has 4 heteroatoms. The third kappa shape index (κ3) is 0.866. The fourth-order valence-electron chi connectivity index (χ4n) is 0.380. The van der Waals surface area contributed by atoms with E-state index >= 15 is 0 Å². The molecule has 3 nitrogen and oxygen atoms in total. The van der Waals surface area contributed by atoms with Gasteiger partial charge in [-0.15, -0.1) is 0 Å². The number of nitrogens with one attached hydrogen (secondary N) is 2. The van der Waals surface area contributed by atoms with Crippen LogP contribution in [0.1, 0.15) is 0 Å². The largest absolute Gasteiger partial charge is 0.296 e. The predicted octanol–water partition coefficient (Wildman–Crippen LogP) is -0.103. The molecule has 0 spiro atoms. The van der Waals surface area contributed by atoms with E-state index in [1.54, 1.807) is 11.0 Å². The van der Waals surface area contributed by atoms with Gasteiger partial charge in [-0.2, -0.15) is 9.78 Å². The van der Waals surface area contributed by atoms with Gasteiger partial charge in [0.2, 0.25) is 0 Å². The maximum absolute atomic E-state index is 4.70. The number of H-pyrrole nitrogens is 2. The highest BCUT2D eigenvalue weighted by Crippen LogP contribution is 1.64. The third-order valence-electron chi connectivity index (χ3n) is 0.667. The monoisotopic (exact) mass is 116 g/mol. The number of hydrogen-bond donors (Lipinski definition) is 2. The van der Waals surface area contributed by atoms with E-state index < -0.39 is 0 Å². The van der Waals surface area contributed by atoms with Crippen LogP contribution in [0.3, 0.4) is 0 Å². The molecule has 0 bridgehead atoms. The molecule has 38 valence electrons. The van der Waals surface area contributed by atoms with Crippen molar-refractivity contribution < 1.29 is 4.68 Å². The van der Waals surface area contributed by atoms with E-state index in [1.807, 2.05) is 7.05 Å². The number of rotatable bonds is 0. The van der Waals surface area contributed by atoms with Crippen LogP contribution in [0.25, 0.3) is 0 Å². The fraction of sp³-hybridized carbons (Fsp3) is 0.333. The van der Waals surface area contributed by atoms with Crippen molar-refractivity contribution >= 4 is 12.2 Å². The Labute approximate surface area is 46.0 Å². The van der Waals surface area contributed by atoms with Crippen molar-refractivity contribution in [2.45, 2.75) is 0 Å². The van der Waals surface area contributed by atoms with Crippen LogP contribution in [0.4, 0.5) is 0 Å². The molecule has 0 aliphatic carbocycles. The summed E-state index contributed by atoms with van der Waals surface area (Å²) in [5.74, 6) is 0. The van der Waals surface area contributed by atoms with Gasteiger partial charge in [-0.25, -0.2) is 4.98 Å². The van der Waals surface area contributed by atoms with Crippen LogP contribution in [0.2, 0.25) is 0 Å². The minimum absolute atomic E-state index is 0.655. The van der Waals surface area contributed by atoms with Gasteiger partial charge in [0.05, 0.1) is 0 Å². The maximum atomic E-state index is 4.70. The Kier molecular flexibility index (Phi) is 0.941. The van der Waals surface area contributed by atoms with E-state index in [-0.39, 0.29) is 0 Å². The standard InChI is InChI=1S/C3H5N3S/c1-6-2-4-3(7)5-6/h2H,1H3,(H,5,7)/p+1. The predicted molar refractivity (Wildman–Crippen MR) is 27.2 cm³/mol. The number of aromatic nitrogens is 3. The molecule has 0 aromatic carbocycles. The van der Waals surface area contributed by atoms with Crippen LogP contribution < -0.4 is 4.68 Å². The van der Waals surface area contributed by atoms with Crippen molar-refractivity contribution in [3.63, 3.8) is 0 Å². The van der Waals surface area contributed by atoms with Crippen LogP contribution in [-0.2, 0) is 7.05 Å². The molecule has 1 aromatic rings. The summed E-state index contributed by atoms with van der Waals surface area (Å²) < 4.78 is 2.41. The molecule has 1 heterocycles. The quantitative estimate of drug-likeness (QED) is 0.360. The van der Waals surface area contributed by atoms with Crippen LogP contribution in [-0.4, -0.2) is 10.1 Å². The van der Waals surface area contributed by atoms with E-state index in [1.165, 1.54) is 0 Å². The van der Waals surface area contributed by atoms with Gasteiger partial charge in [-0.05, 0) is 12.2 Å². The summed E-state index contributed by atoms with van der Waals surface area (Å²) in [5.41, 5.74) is 0. The summed E-state index contributed by atoms with van der Waals surface area (Å²) in [6.07, 6.45) is 1.75. The molecule has 0 radical (unpaired) electrons. The Morgan fingerprint density at radius 3 is 2.71 bits per heavy atom. The van der Waals surface area contributed by atoms with Gasteiger partial charge in [-0.3, -0.25) is 0 Å². The van der Waals surface area contributed by atoms with Gasteiger partial charge >= 0.3 is 0 Å². The van der Waals surface area contributed by atoms with Crippen LogP contribution in [0.15, 0.2) is 6.33 Å². The second-order valence-electron chi connectivity index (χ2n) is 1.33. The maximum Gasteiger partial charge on any atom is 0.296 e. The lowest BCUT2D eigenvalue weighted by Gasteiger charge is -1.68. The zero-order chi connectivity index (χ0) is 5.28. The molecule has 0 saturated carbocycles. The van der Waals surface area contributed by atoms with E-state index in [2.05, 4.69) is 10.1 Å². The molecule has 0 fully saturated rings. The molecule has 0 unspecified atom stereocenters. The zero-order valence-electron chi connectivity index (χ0n) is 3.93. The molecule has 1 rings (SSSR count). The minimum atomic E-state index is 0.655. The van der Waals surface area contributed by atoms with Gasteiger partial charge in [0, 0.05) is 0 Å². The Morgan fingerprint density at radius 1 is 1.86 bits per heavy atom. The topological polar surface area (TPSA) is 35.5 Å². The average molecular weight is 116 g/mol. The summed E-state index contributed by atoms with van der Waals surface area (Å²) in [6, 6.07) is 0. The first-order chi connectivity index (χ1) is 3.29. The first-order valence-corrected chi connectivity index (χ1v) is 2.33. The number of hydrogen-bond acceptors (Lipinski definition) is 1. The molecule has 0 amide bonds. The molecular formula is C3H6N3S+. The van der Waals surface area contributed by atoms with E-state index in [4.69, 9.17) is 12.2 Å². The van der Waals surface area contributed by atoms with Crippen molar-refractivity contribution in [3.05, 3.63) is 11.1 Å². The Morgan fingerprint density at radius 2 is 2.57 bits per heavy atom. The summed E-state index contributed by atoms with van der Waals surface area (Å²) in [6.45, 7) is 0. The highest BCUT2D eigenvalue weighted by atomic mass is 32.1. The zero-order valence-corrected chi connectivity index (χ0v) is 4.75. The first-order valence-electron chi connectivity index (χ1n) is 1.92. The highest BCUT2D eigenvalue weighted by Gasteiger charge is 1.84. The van der Waals surface area contributed by atoms with E-state index in [0.717, 1.165) is 0 Å². The molecule has 7 heavy (non-hydrogen) atoms. The molecule has 0 saturated heterocycles. The van der Waals surface area contributed by atoms with Gasteiger partial charge in [-0.1, -0.05) is 0 Å². The van der Waals surface area contributed by atoms with E-state index in [9.17, 15) is 0 Å². The number of nitrogens with zero attached hydrogens (tertiary/aromatic N) is 1. The van der Waals surface area contributed by atoms with Gasteiger partial charge in [0.1, 0.15) is 7.05 Å². The lowest BCUT2D eigenvalue weighted by atomic mass is 11.2. The van der Waals surface area contributed by atoms with Crippen LogP contribution >= 0.6 is 12.2 Å². The van der Waals surface area contributed by atoms with Crippen LogP contribution in [0, 0.1) is 4.77 Å². The van der Waals surface area contributed by atoms with Gasteiger partial charge < -0.3 is 0 Å². The average Bonchev–Trinajstić information content (AvgIpc) is 1.87. The summed E-state index contributed by atoms with van der Waals surface area (Å²) in [4.78, 5) is 2.79. The number of aryl methyl sites for hydroxylation is 1. The van der Waals surface area contributed by atoms with Crippen molar-refractivity contribution in [1.29, 1.82) is 0 Å². The summed E-state index contributed by atoms with van der Waals surface area (Å²) in [7, 11) is 1.87. The van der Waals surface area contributed by atoms with E-state index in [0.29, 0.717) is 4.77 Å². The van der Waals surface area contributed by atoms with Gasteiger partial charge in [0.25, 0.3) is 11.1 Å². The second kappa shape index (κ2) is 1.46. The molecule has 1 aromatic heterocycles. The summed E-state index contributed by atoms with van der Waals surface area (Å²) >= 11 is 4.70. The first kappa shape index (κ1) is 4.52. The van der Waals surface area contributed by atoms with Crippen molar-refractivity contribution in [3.8, 4) is 0 Å². The fourth-order valence-corrected chi connectivity index (χ4v) is 0.577. The Hall–Kier alpha value is -0.640. The molecule has 2 N–H and O–H groups in total. The lowest BCUT2D eigenvalue weighted by Crippen LogP contribution is -2.28. The highest BCUT2D eigenvalue weighted by molar-refractivity contribution is 7.71. The smallest absolute Gasteiger partial charge is 0.219 e. The normalized spacial score (nSPS) is 9.29. The minimum Gasteiger partial charge on any atom is -0.219 e.